The van der Waals surface area contributed by atoms with Crippen LogP contribution in [-0.2, 0) is 13.6 Å². The third-order valence-corrected chi connectivity index (χ3v) is 5.06. The van der Waals surface area contributed by atoms with Crippen LogP contribution in [0, 0.1) is 5.92 Å². The third kappa shape index (κ3) is 4.20. The quantitative estimate of drug-likeness (QED) is 0.879. The lowest BCUT2D eigenvalue weighted by molar-refractivity contribution is -0.0489. The van der Waals surface area contributed by atoms with Crippen LogP contribution < -0.4 is 5.32 Å². The molecule has 1 aromatic carbocycles. The highest BCUT2D eigenvalue weighted by Crippen LogP contribution is 2.37. The molecule has 0 aliphatic heterocycles. The smallest absolute Gasteiger partial charge is 0.248 e. The van der Waals surface area contributed by atoms with Gasteiger partial charge in [0.15, 0.2) is 0 Å². The molecule has 3 nitrogen and oxygen atoms in total. The number of aromatic nitrogens is 2. The first-order chi connectivity index (χ1) is 11.4. The van der Waals surface area contributed by atoms with E-state index in [2.05, 4.69) is 35.5 Å². The van der Waals surface area contributed by atoms with Gasteiger partial charge in [-0.15, -0.1) is 0 Å². The zero-order valence-electron chi connectivity index (χ0n) is 14.3. The topological polar surface area (TPSA) is 29.9 Å². The van der Waals surface area contributed by atoms with Crippen LogP contribution in [0.2, 0.25) is 0 Å². The van der Waals surface area contributed by atoms with Gasteiger partial charge in [-0.25, -0.2) is 8.78 Å². The first kappa shape index (κ1) is 17.1. The second-order valence-corrected chi connectivity index (χ2v) is 6.97. The first-order valence-corrected chi connectivity index (χ1v) is 8.62. The maximum Gasteiger partial charge on any atom is 0.248 e. The third-order valence-electron chi connectivity index (χ3n) is 5.06. The summed E-state index contributed by atoms with van der Waals surface area (Å²) < 4.78 is 28.3. The number of benzene rings is 1. The minimum atomic E-state index is -2.45. The summed E-state index contributed by atoms with van der Waals surface area (Å²) in [7, 11) is 1.91. The number of rotatable bonds is 5. The first-order valence-electron chi connectivity index (χ1n) is 8.62. The Bertz CT molecular complexity index is 671. The molecular formula is C19H25F2N3. The summed E-state index contributed by atoms with van der Waals surface area (Å²) >= 11 is 0. The Morgan fingerprint density at radius 1 is 1.29 bits per heavy atom. The van der Waals surface area contributed by atoms with Gasteiger partial charge >= 0.3 is 0 Å². The largest absolute Gasteiger partial charge is 0.310 e. The van der Waals surface area contributed by atoms with Crippen LogP contribution in [0.4, 0.5) is 8.78 Å². The average Bonchev–Trinajstić information content (AvgIpc) is 2.99. The molecule has 0 spiro atoms. The Labute approximate surface area is 142 Å². The van der Waals surface area contributed by atoms with Crippen LogP contribution in [0.15, 0.2) is 36.7 Å². The molecule has 0 saturated heterocycles. The van der Waals surface area contributed by atoms with Crippen molar-refractivity contribution in [2.75, 3.05) is 0 Å². The zero-order valence-corrected chi connectivity index (χ0v) is 14.3. The zero-order chi connectivity index (χ0) is 17.2. The number of alkyl halides is 2. The summed E-state index contributed by atoms with van der Waals surface area (Å²) in [6, 6.07) is 8.63. The SMILES string of the molecule is CC(NCc1cccc(-c2cnn(C)c2)c1)C1CCC(F)(F)CC1. The van der Waals surface area contributed by atoms with Crippen molar-refractivity contribution in [2.24, 2.45) is 13.0 Å². The van der Waals surface area contributed by atoms with E-state index in [1.54, 1.807) is 4.68 Å². The highest BCUT2D eigenvalue weighted by molar-refractivity contribution is 5.62. The second-order valence-electron chi connectivity index (χ2n) is 6.97. The molecule has 130 valence electrons. The van der Waals surface area contributed by atoms with Crippen molar-refractivity contribution >= 4 is 0 Å². The number of nitrogens with one attached hydrogen (secondary N) is 1. The van der Waals surface area contributed by atoms with Gasteiger partial charge in [0.2, 0.25) is 5.92 Å². The highest BCUT2D eigenvalue weighted by Gasteiger charge is 2.36. The fraction of sp³-hybridized carbons (Fsp3) is 0.526. The maximum absolute atomic E-state index is 13.3. The molecule has 0 radical (unpaired) electrons. The summed E-state index contributed by atoms with van der Waals surface area (Å²) in [5.74, 6) is -2.11. The second kappa shape index (κ2) is 7.01. The van der Waals surface area contributed by atoms with Gasteiger partial charge in [-0.05, 0) is 42.9 Å². The predicted molar refractivity (Wildman–Crippen MR) is 91.9 cm³/mol. The molecule has 0 amide bonds. The van der Waals surface area contributed by atoms with E-state index in [4.69, 9.17) is 0 Å². The number of nitrogens with zero attached hydrogens (tertiary/aromatic N) is 2. The van der Waals surface area contributed by atoms with Gasteiger partial charge in [-0.1, -0.05) is 18.2 Å². The van der Waals surface area contributed by atoms with E-state index in [1.165, 1.54) is 5.56 Å². The molecule has 1 saturated carbocycles. The molecule has 3 rings (SSSR count). The molecule has 1 atom stereocenters. The maximum atomic E-state index is 13.3. The summed E-state index contributed by atoms with van der Waals surface area (Å²) in [6.45, 7) is 2.86. The van der Waals surface area contributed by atoms with Crippen molar-refractivity contribution in [3.63, 3.8) is 0 Å². The number of hydrogen-bond donors (Lipinski definition) is 1. The summed E-state index contributed by atoms with van der Waals surface area (Å²) in [6.07, 6.45) is 5.13. The van der Waals surface area contributed by atoms with Crippen LogP contribution >= 0.6 is 0 Å². The molecule has 1 unspecified atom stereocenters. The number of halogens is 2. The lowest BCUT2D eigenvalue weighted by Gasteiger charge is -2.32. The van der Waals surface area contributed by atoms with Crippen LogP contribution in [0.5, 0.6) is 0 Å². The molecule has 0 bridgehead atoms. The van der Waals surface area contributed by atoms with Crippen LogP contribution in [0.3, 0.4) is 0 Å². The lowest BCUT2D eigenvalue weighted by Crippen LogP contribution is -2.37. The van der Waals surface area contributed by atoms with Crippen molar-refractivity contribution in [1.82, 2.24) is 15.1 Å². The lowest BCUT2D eigenvalue weighted by atomic mass is 9.82. The fourth-order valence-corrected chi connectivity index (χ4v) is 3.44. The van der Waals surface area contributed by atoms with Gasteiger partial charge < -0.3 is 5.32 Å². The van der Waals surface area contributed by atoms with E-state index in [1.807, 2.05) is 25.5 Å². The van der Waals surface area contributed by atoms with Crippen LogP contribution in [0.1, 0.15) is 38.2 Å². The van der Waals surface area contributed by atoms with Gasteiger partial charge in [0.1, 0.15) is 0 Å². The van der Waals surface area contributed by atoms with Crippen molar-refractivity contribution in [3.8, 4) is 11.1 Å². The van der Waals surface area contributed by atoms with E-state index >= 15 is 0 Å². The van der Waals surface area contributed by atoms with E-state index in [-0.39, 0.29) is 18.9 Å². The van der Waals surface area contributed by atoms with Crippen LogP contribution in [-0.4, -0.2) is 21.7 Å². The Hall–Kier alpha value is -1.75. The van der Waals surface area contributed by atoms with E-state index in [0.29, 0.717) is 18.8 Å². The molecule has 1 fully saturated rings. The van der Waals surface area contributed by atoms with Gasteiger partial charge in [0, 0.05) is 44.2 Å². The van der Waals surface area contributed by atoms with Gasteiger partial charge in [0.05, 0.1) is 6.20 Å². The van der Waals surface area contributed by atoms with E-state index in [9.17, 15) is 8.78 Å². The van der Waals surface area contributed by atoms with E-state index in [0.717, 1.165) is 17.7 Å². The normalized spacial score (nSPS) is 19.3. The highest BCUT2D eigenvalue weighted by atomic mass is 19.3. The molecule has 1 N–H and O–H groups in total. The average molecular weight is 333 g/mol. The predicted octanol–water partition coefficient (Wildman–Crippen LogP) is 4.39. The fourth-order valence-electron chi connectivity index (χ4n) is 3.44. The van der Waals surface area contributed by atoms with Gasteiger partial charge in [-0.2, -0.15) is 5.10 Å². The number of hydrogen-bond acceptors (Lipinski definition) is 2. The molecule has 1 aromatic heterocycles. The standard InChI is InChI=1S/C19H25F2N3/c1-14(16-6-8-19(20,21)9-7-16)22-11-15-4-3-5-17(10-15)18-12-23-24(2)13-18/h3-5,10,12-14,16,22H,6-9,11H2,1-2H3. The molecule has 5 heteroatoms. The summed E-state index contributed by atoms with van der Waals surface area (Å²) in [5.41, 5.74) is 3.44. The Balaban J connectivity index is 1.57. The van der Waals surface area contributed by atoms with Crippen LogP contribution in [0.25, 0.3) is 11.1 Å². The molecule has 1 heterocycles. The van der Waals surface area contributed by atoms with Crippen molar-refractivity contribution < 1.29 is 8.78 Å². The minimum Gasteiger partial charge on any atom is -0.310 e. The number of aryl methyl sites for hydroxylation is 1. The van der Waals surface area contributed by atoms with Gasteiger partial charge in [0.25, 0.3) is 0 Å². The van der Waals surface area contributed by atoms with Gasteiger partial charge in [-0.3, -0.25) is 4.68 Å². The summed E-state index contributed by atoms with van der Waals surface area (Å²) in [4.78, 5) is 0. The Morgan fingerprint density at radius 3 is 2.71 bits per heavy atom. The molecular weight excluding hydrogens is 308 g/mol. The Kier molecular flexibility index (Phi) is 4.99. The van der Waals surface area contributed by atoms with Crippen molar-refractivity contribution in [3.05, 3.63) is 42.2 Å². The molecule has 1 aliphatic carbocycles. The summed E-state index contributed by atoms with van der Waals surface area (Å²) in [5, 5.41) is 7.72. The molecule has 2 aromatic rings. The van der Waals surface area contributed by atoms with Crippen molar-refractivity contribution in [1.29, 1.82) is 0 Å². The van der Waals surface area contributed by atoms with E-state index < -0.39 is 5.92 Å². The minimum absolute atomic E-state index is 0.0280. The monoisotopic (exact) mass is 333 g/mol. The van der Waals surface area contributed by atoms with Crippen molar-refractivity contribution in [2.45, 2.75) is 51.1 Å². The molecule has 24 heavy (non-hydrogen) atoms. The molecule has 1 aliphatic rings. The Morgan fingerprint density at radius 2 is 2.04 bits per heavy atom.